The van der Waals surface area contributed by atoms with E-state index in [1.165, 1.54) is 12.1 Å². The van der Waals surface area contributed by atoms with Crippen LogP contribution in [0.1, 0.15) is 64.8 Å². The highest BCUT2D eigenvalue weighted by atomic mass is 16.5. The molecule has 5 atom stereocenters. The van der Waals surface area contributed by atoms with Crippen LogP contribution in [0.15, 0.2) is 36.4 Å². The Morgan fingerprint density at radius 1 is 1.12 bits per heavy atom. The molecule has 42 heavy (non-hydrogen) atoms. The van der Waals surface area contributed by atoms with Crippen molar-refractivity contribution in [1.82, 2.24) is 26.1 Å². The van der Waals surface area contributed by atoms with Gasteiger partial charge in [0.25, 0.3) is 5.91 Å². The Balaban J connectivity index is 1.74. The molecule has 3 heterocycles. The van der Waals surface area contributed by atoms with E-state index >= 15 is 0 Å². The lowest BCUT2D eigenvalue weighted by atomic mass is 9.88. The number of hydrogen-bond donors (Lipinski definition) is 3. The van der Waals surface area contributed by atoms with Gasteiger partial charge in [-0.1, -0.05) is 44.2 Å². The van der Waals surface area contributed by atoms with Gasteiger partial charge in [-0.05, 0) is 57.2 Å². The molecule has 0 aliphatic carbocycles. The van der Waals surface area contributed by atoms with E-state index in [0.717, 1.165) is 10.9 Å². The predicted molar refractivity (Wildman–Crippen MR) is 158 cm³/mol. The van der Waals surface area contributed by atoms with Gasteiger partial charge >= 0.3 is 5.97 Å². The highest BCUT2D eigenvalue weighted by Crippen LogP contribution is 2.25. The van der Waals surface area contributed by atoms with Crippen molar-refractivity contribution >= 4 is 40.7 Å². The molecule has 3 amide bonds. The van der Waals surface area contributed by atoms with E-state index < -0.39 is 47.4 Å². The maximum absolute atomic E-state index is 13.6. The molecule has 0 radical (unpaired) electrons. The molecule has 0 saturated carbocycles. The Kier molecular flexibility index (Phi) is 9.63. The summed E-state index contributed by atoms with van der Waals surface area (Å²) in [6, 6.07) is 6.98. The van der Waals surface area contributed by atoms with Crippen LogP contribution in [0.5, 0.6) is 0 Å². The number of pyridine rings is 1. The second-order valence-corrected chi connectivity index (χ2v) is 11.7. The minimum absolute atomic E-state index is 0.0807. The summed E-state index contributed by atoms with van der Waals surface area (Å²) >= 11 is 0. The monoisotopic (exact) mass is 579 g/mol. The quantitative estimate of drug-likeness (QED) is 0.472. The number of carbonyl (C=O) groups excluding carboxylic acids is 4. The van der Waals surface area contributed by atoms with Crippen LogP contribution in [0.2, 0.25) is 0 Å². The van der Waals surface area contributed by atoms with E-state index in [0.29, 0.717) is 30.6 Å². The van der Waals surface area contributed by atoms with Crippen molar-refractivity contribution in [3.63, 3.8) is 0 Å². The van der Waals surface area contributed by atoms with Gasteiger partial charge < -0.3 is 20.1 Å². The van der Waals surface area contributed by atoms with Gasteiger partial charge in [-0.3, -0.25) is 24.2 Å². The Labute approximate surface area is 246 Å². The van der Waals surface area contributed by atoms with Gasteiger partial charge in [0.2, 0.25) is 11.8 Å². The van der Waals surface area contributed by atoms with Gasteiger partial charge in [-0.25, -0.2) is 10.4 Å². The molecule has 226 valence electrons. The number of esters is 1. The number of methoxy groups -OCH3 is 1. The third kappa shape index (κ3) is 6.96. The summed E-state index contributed by atoms with van der Waals surface area (Å²) in [6.07, 6.45) is 4.04. The molecule has 2 aliphatic rings. The van der Waals surface area contributed by atoms with Crippen molar-refractivity contribution in [2.45, 2.75) is 71.7 Å². The summed E-state index contributed by atoms with van der Waals surface area (Å²) in [6.45, 7) is 9.17. The number of amides is 3. The van der Waals surface area contributed by atoms with Crippen molar-refractivity contribution in [1.29, 1.82) is 0 Å². The summed E-state index contributed by atoms with van der Waals surface area (Å²) in [5.74, 6) is -2.01. The average Bonchev–Trinajstić information content (AvgIpc) is 2.97. The molecule has 3 N–H and O–H groups in total. The number of nitrogens with one attached hydrogen (secondary N) is 3. The second kappa shape index (κ2) is 13.0. The smallest absolute Gasteiger partial charge is 0.325 e. The molecule has 11 nitrogen and oxygen atoms in total. The van der Waals surface area contributed by atoms with Gasteiger partial charge in [-0.15, -0.1) is 0 Å². The third-order valence-electron chi connectivity index (χ3n) is 7.76. The molecule has 11 heteroatoms. The molecule has 1 fully saturated rings. The largest absolute Gasteiger partial charge is 0.455 e. The summed E-state index contributed by atoms with van der Waals surface area (Å²) in [7, 11) is 1.51. The fourth-order valence-electron chi connectivity index (χ4n) is 5.12. The van der Waals surface area contributed by atoms with Gasteiger partial charge in [0.05, 0.1) is 23.2 Å². The Morgan fingerprint density at radius 3 is 2.57 bits per heavy atom. The van der Waals surface area contributed by atoms with Gasteiger partial charge in [-0.2, -0.15) is 0 Å². The Morgan fingerprint density at radius 2 is 1.86 bits per heavy atom. The molecule has 0 spiro atoms. The number of rotatable bonds is 3. The van der Waals surface area contributed by atoms with E-state index in [9.17, 15) is 19.2 Å². The van der Waals surface area contributed by atoms with Crippen LogP contribution in [0.25, 0.3) is 17.0 Å². The van der Waals surface area contributed by atoms with E-state index in [4.69, 9.17) is 14.5 Å². The third-order valence-corrected chi connectivity index (χ3v) is 7.76. The van der Waals surface area contributed by atoms with Crippen LogP contribution < -0.4 is 16.1 Å². The standard InChI is InChI=1S/C31H41N5O6/c1-18(2)26-27(37)32-19(3)28(38)36-15-7-8-24(35-36)29(39)42-20(4)23-12-11-22-10-9-21(16-25(22)33-23)13-14-31(5,17-41-6)30(40)34-26/h9-14,16,18-20,24,26,35H,7-8,15,17H2,1-6H3,(H,32,37)(H,34,40). The zero-order valence-electron chi connectivity index (χ0n) is 25.1. The maximum Gasteiger partial charge on any atom is 0.325 e. The number of aromatic nitrogens is 1. The zero-order valence-corrected chi connectivity index (χ0v) is 25.1. The minimum atomic E-state index is -1.10. The number of ether oxygens (including phenoxy) is 2. The summed E-state index contributed by atoms with van der Waals surface area (Å²) in [4.78, 5) is 58.0. The number of nitrogens with zero attached hydrogens (tertiary/aromatic N) is 2. The normalized spacial score (nSPS) is 28.0. The molecule has 4 rings (SSSR count). The number of carbonyl (C=O) groups is 4. The minimum Gasteiger partial charge on any atom is -0.455 e. The molecule has 5 unspecified atom stereocenters. The molecule has 5 bridgehead atoms. The van der Waals surface area contributed by atoms with Crippen LogP contribution in [0.4, 0.5) is 0 Å². The molecule has 1 aromatic carbocycles. The number of hydrazine groups is 1. The van der Waals surface area contributed by atoms with Crippen molar-refractivity contribution < 1.29 is 28.7 Å². The Hall–Kier alpha value is -3.83. The van der Waals surface area contributed by atoms with Crippen LogP contribution in [-0.2, 0) is 28.7 Å². The molecule has 1 saturated heterocycles. The summed E-state index contributed by atoms with van der Waals surface area (Å²) in [5.41, 5.74) is 3.99. The first-order valence-electron chi connectivity index (χ1n) is 14.4. The van der Waals surface area contributed by atoms with E-state index in [1.54, 1.807) is 26.8 Å². The lowest BCUT2D eigenvalue weighted by Crippen LogP contribution is -2.61. The van der Waals surface area contributed by atoms with Gasteiger partial charge in [0.15, 0.2) is 0 Å². The lowest BCUT2D eigenvalue weighted by molar-refractivity contribution is -0.157. The Bertz CT molecular complexity index is 1380. The van der Waals surface area contributed by atoms with E-state index in [-0.39, 0.29) is 18.4 Å². The SMILES string of the molecule is COCC1(C)C=Cc2ccc3ccc(nc3c2)C(C)OC(=O)C2CCCN(N2)C(=O)C(C)NC(=O)C(C(C)C)NC1=O. The zero-order chi connectivity index (χ0) is 30.6. The van der Waals surface area contributed by atoms with Crippen molar-refractivity contribution in [3.05, 3.63) is 47.7 Å². The topological polar surface area (TPSA) is 139 Å². The van der Waals surface area contributed by atoms with Gasteiger partial charge in [0, 0.05) is 19.0 Å². The van der Waals surface area contributed by atoms with E-state index in [2.05, 4.69) is 16.1 Å². The molecular formula is C31H41N5O6. The molecule has 1 aromatic heterocycles. The number of hydrogen-bond acceptors (Lipinski definition) is 8. The van der Waals surface area contributed by atoms with Gasteiger partial charge in [0.1, 0.15) is 24.2 Å². The van der Waals surface area contributed by atoms with Crippen LogP contribution >= 0.6 is 0 Å². The van der Waals surface area contributed by atoms with Crippen LogP contribution in [0.3, 0.4) is 0 Å². The molecule has 2 aromatic rings. The predicted octanol–water partition coefficient (Wildman–Crippen LogP) is 2.66. The highest BCUT2D eigenvalue weighted by Gasteiger charge is 2.37. The summed E-state index contributed by atoms with van der Waals surface area (Å²) < 4.78 is 11.2. The first-order chi connectivity index (χ1) is 19.9. The number of cyclic esters (lactones) is 1. The average molecular weight is 580 g/mol. The van der Waals surface area contributed by atoms with E-state index in [1.807, 2.05) is 50.3 Å². The van der Waals surface area contributed by atoms with Crippen molar-refractivity contribution in [3.8, 4) is 0 Å². The first kappa shape index (κ1) is 31.1. The molecular weight excluding hydrogens is 538 g/mol. The number of fused-ring (bicyclic) bond motifs is 4. The van der Waals surface area contributed by atoms with Crippen LogP contribution in [0, 0.1) is 11.3 Å². The fraction of sp³-hybridized carbons (Fsp3) is 0.516. The fourth-order valence-corrected chi connectivity index (χ4v) is 5.12. The number of benzene rings is 1. The van der Waals surface area contributed by atoms with Crippen LogP contribution in [-0.4, -0.2) is 72.1 Å². The highest BCUT2D eigenvalue weighted by molar-refractivity contribution is 5.94. The second-order valence-electron chi connectivity index (χ2n) is 11.7. The maximum atomic E-state index is 13.6. The summed E-state index contributed by atoms with van der Waals surface area (Å²) in [5, 5.41) is 7.88. The first-order valence-corrected chi connectivity index (χ1v) is 14.4. The molecule has 2 aliphatic heterocycles. The lowest BCUT2D eigenvalue weighted by Gasteiger charge is -2.35. The van der Waals surface area contributed by atoms with Crippen molar-refractivity contribution in [2.75, 3.05) is 20.3 Å². The van der Waals surface area contributed by atoms with Crippen molar-refractivity contribution in [2.24, 2.45) is 11.3 Å².